The number of hydrogen-bond donors (Lipinski definition) is 2. The molecular weight excluding hydrogens is 641 g/mol. The molecule has 1 heterocycles. The highest BCUT2D eigenvalue weighted by Crippen LogP contribution is 2.24. The van der Waals surface area contributed by atoms with Crippen LogP contribution in [0.25, 0.3) is 6.08 Å². The first-order chi connectivity index (χ1) is 22.7. The predicted octanol–water partition coefficient (Wildman–Crippen LogP) is 3.09. The van der Waals surface area contributed by atoms with Gasteiger partial charge in [-0.25, -0.2) is 8.42 Å². The number of carbonyl (C=O) groups is 4. The number of nitrogens with one attached hydrogen (secondary N) is 2. The second kappa shape index (κ2) is 19.4. The molecule has 13 heteroatoms. The average molecular weight is 681 g/mol. The lowest BCUT2D eigenvalue weighted by Gasteiger charge is -2.18. The Morgan fingerprint density at radius 2 is 1.72 bits per heavy atom. The lowest BCUT2D eigenvalue weighted by molar-refractivity contribution is -0.136. The average Bonchev–Trinajstić information content (AvgIpc) is 3.39. The summed E-state index contributed by atoms with van der Waals surface area (Å²) in [5, 5.41) is 5.40. The van der Waals surface area contributed by atoms with Gasteiger partial charge in [0.1, 0.15) is 6.61 Å². The molecule has 47 heavy (non-hydrogen) atoms. The maximum absolute atomic E-state index is 13.3. The monoisotopic (exact) mass is 680 g/mol. The van der Waals surface area contributed by atoms with Gasteiger partial charge >= 0.3 is 0 Å². The Morgan fingerprint density at radius 3 is 2.43 bits per heavy atom. The van der Waals surface area contributed by atoms with Crippen LogP contribution in [-0.4, -0.2) is 92.9 Å². The van der Waals surface area contributed by atoms with Gasteiger partial charge in [0.25, 0.3) is 17.7 Å². The van der Waals surface area contributed by atoms with Crippen LogP contribution in [0.1, 0.15) is 42.1 Å². The first-order valence-corrected chi connectivity index (χ1v) is 17.7. The first kappa shape index (κ1) is 37.2. The minimum absolute atomic E-state index is 0.0262. The zero-order valence-electron chi connectivity index (χ0n) is 26.4. The van der Waals surface area contributed by atoms with Crippen LogP contribution in [0.3, 0.4) is 0 Å². The summed E-state index contributed by atoms with van der Waals surface area (Å²) < 4.78 is 33.2. The Balaban J connectivity index is 1.39. The van der Waals surface area contributed by atoms with Crippen molar-refractivity contribution >= 4 is 51.5 Å². The number of terminal acetylenes is 1. The van der Waals surface area contributed by atoms with E-state index in [2.05, 4.69) is 23.5 Å². The van der Waals surface area contributed by atoms with E-state index >= 15 is 0 Å². The maximum Gasteiger partial charge on any atom is 0.253 e. The summed E-state index contributed by atoms with van der Waals surface area (Å²) in [4.78, 5) is 49.7. The van der Waals surface area contributed by atoms with Crippen LogP contribution in [0.4, 0.5) is 0 Å². The van der Waals surface area contributed by atoms with Crippen LogP contribution in [0.15, 0.2) is 76.5 Å². The number of hydrogen-bond acceptors (Lipinski definition) is 8. The van der Waals surface area contributed by atoms with Gasteiger partial charge in [-0.15, -0.1) is 18.2 Å². The summed E-state index contributed by atoms with van der Waals surface area (Å²) in [5.74, 6) is 1.98. The van der Waals surface area contributed by atoms with Crippen molar-refractivity contribution in [2.24, 2.45) is 0 Å². The standard InChI is InChI=1S/C34H40N4O7S2/c1-3-21-37(22-7-11-27-10-5-6-12-30(27)46-25-4-2)47(43,44)29-15-13-28(14-16-29)34(42)36-20-9-24-45-26-31(39)35-19-8-23-38-32(40)17-18-33(38)41/h1,5-7,10-18H,4,8-9,19-26H2,2H3,(H,35,39)(H,36,42)/b11-7+. The van der Waals surface area contributed by atoms with E-state index in [4.69, 9.17) is 11.2 Å². The van der Waals surface area contributed by atoms with Gasteiger partial charge in [-0.1, -0.05) is 43.2 Å². The summed E-state index contributed by atoms with van der Waals surface area (Å²) in [5.41, 5.74) is 1.30. The molecule has 11 nitrogen and oxygen atoms in total. The third-order valence-electron chi connectivity index (χ3n) is 6.77. The second-order valence-corrected chi connectivity index (χ2v) is 13.4. The lowest BCUT2D eigenvalue weighted by atomic mass is 10.2. The number of sulfonamides is 1. The van der Waals surface area contributed by atoms with Gasteiger partial charge < -0.3 is 15.4 Å². The van der Waals surface area contributed by atoms with Gasteiger partial charge in [0, 0.05) is 55.4 Å². The van der Waals surface area contributed by atoms with Crippen LogP contribution in [-0.2, 0) is 29.1 Å². The molecule has 0 unspecified atom stereocenters. The van der Waals surface area contributed by atoms with Gasteiger partial charge in [-0.2, -0.15) is 4.31 Å². The number of amides is 4. The molecule has 2 aromatic rings. The summed E-state index contributed by atoms with van der Waals surface area (Å²) in [6.07, 6.45) is 13.5. The summed E-state index contributed by atoms with van der Waals surface area (Å²) in [6, 6.07) is 13.6. The minimum atomic E-state index is -3.91. The van der Waals surface area contributed by atoms with Crippen molar-refractivity contribution < 1.29 is 32.3 Å². The maximum atomic E-state index is 13.3. The molecule has 0 radical (unpaired) electrons. The van der Waals surface area contributed by atoms with Gasteiger partial charge in [-0.3, -0.25) is 24.1 Å². The topological polar surface area (TPSA) is 142 Å². The van der Waals surface area contributed by atoms with E-state index in [0.29, 0.717) is 24.9 Å². The molecule has 2 aromatic carbocycles. The van der Waals surface area contributed by atoms with Gasteiger partial charge in [0.05, 0.1) is 11.4 Å². The Bertz CT molecular complexity index is 1580. The lowest BCUT2D eigenvalue weighted by Crippen LogP contribution is -2.34. The Morgan fingerprint density at radius 1 is 1.02 bits per heavy atom. The summed E-state index contributed by atoms with van der Waals surface area (Å²) >= 11 is 1.75. The molecule has 0 aromatic heterocycles. The Kier molecular flexibility index (Phi) is 15.4. The zero-order valence-corrected chi connectivity index (χ0v) is 28.0. The second-order valence-electron chi connectivity index (χ2n) is 10.3. The molecule has 1 aliphatic rings. The fourth-order valence-corrected chi connectivity index (χ4v) is 6.55. The Hall–Kier alpha value is -4.22. The largest absolute Gasteiger partial charge is 0.372 e. The highest BCUT2D eigenvalue weighted by atomic mass is 32.2. The van der Waals surface area contributed by atoms with E-state index in [9.17, 15) is 27.6 Å². The van der Waals surface area contributed by atoms with E-state index in [0.717, 1.165) is 27.5 Å². The first-order valence-electron chi connectivity index (χ1n) is 15.3. The van der Waals surface area contributed by atoms with E-state index in [1.165, 1.54) is 40.7 Å². The number of benzene rings is 2. The zero-order chi connectivity index (χ0) is 34.1. The fourth-order valence-electron chi connectivity index (χ4n) is 4.35. The molecule has 0 saturated heterocycles. The third-order valence-corrected chi connectivity index (χ3v) is 9.90. The molecule has 0 saturated carbocycles. The summed E-state index contributed by atoms with van der Waals surface area (Å²) in [6.45, 7) is 2.98. The highest BCUT2D eigenvalue weighted by molar-refractivity contribution is 7.99. The number of nitrogens with zero attached hydrogens (tertiary/aromatic N) is 2. The number of imide groups is 1. The van der Waals surface area contributed by atoms with Crippen LogP contribution in [0, 0.1) is 12.3 Å². The van der Waals surface area contributed by atoms with Crippen molar-refractivity contribution in [2.75, 3.05) is 51.7 Å². The van der Waals surface area contributed by atoms with E-state index in [-0.39, 0.29) is 67.9 Å². The van der Waals surface area contributed by atoms with Gasteiger partial charge in [-0.05, 0) is 60.9 Å². The van der Waals surface area contributed by atoms with Crippen molar-refractivity contribution in [1.29, 1.82) is 0 Å². The Labute approximate surface area is 280 Å². The van der Waals surface area contributed by atoms with E-state index in [1.54, 1.807) is 17.8 Å². The number of carbonyl (C=O) groups excluding carboxylic acids is 4. The molecule has 4 amide bonds. The van der Waals surface area contributed by atoms with Crippen molar-refractivity contribution in [3.63, 3.8) is 0 Å². The van der Waals surface area contributed by atoms with Crippen LogP contribution in [0.2, 0.25) is 0 Å². The van der Waals surface area contributed by atoms with Crippen LogP contribution < -0.4 is 10.6 Å². The van der Waals surface area contributed by atoms with Crippen LogP contribution >= 0.6 is 11.8 Å². The van der Waals surface area contributed by atoms with Crippen LogP contribution in [0.5, 0.6) is 0 Å². The van der Waals surface area contributed by atoms with Crippen molar-refractivity contribution in [3.05, 3.63) is 77.9 Å². The molecule has 0 spiro atoms. The molecule has 0 fully saturated rings. The van der Waals surface area contributed by atoms with Crippen molar-refractivity contribution in [1.82, 2.24) is 19.8 Å². The highest BCUT2D eigenvalue weighted by Gasteiger charge is 2.24. The number of thioether (sulfide) groups is 1. The quantitative estimate of drug-likeness (QED) is 0.0941. The van der Waals surface area contributed by atoms with E-state index < -0.39 is 10.0 Å². The molecule has 250 valence electrons. The summed E-state index contributed by atoms with van der Waals surface area (Å²) in [7, 11) is -3.91. The smallest absolute Gasteiger partial charge is 0.253 e. The molecule has 0 atom stereocenters. The molecule has 0 aliphatic carbocycles. The molecule has 1 aliphatic heterocycles. The van der Waals surface area contributed by atoms with E-state index in [1.807, 2.05) is 30.3 Å². The van der Waals surface area contributed by atoms with Gasteiger partial charge in [0.15, 0.2) is 0 Å². The minimum Gasteiger partial charge on any atom is -0.372 e. The third kappa shape index (κ3) is 11.8. The van der Waals surface area contributed by atoms with Crippen molar-refractivity contribution in [3.8, 4) is 12.3 Å². The number of rotatable bonds is 20. The molecular formula is C34H40N4O7S2. The number of ether oxygens (including phenoxy) is 1. The SMILES string of the molecule is C#CCN(C/C=C/c1ccccc1SCCC)S(=O)(=O)c1ccc(C(=O)NCCCOCC(=O)NCCCN2C(=O)C=CC2=O)cc1. The molecule has 0 bridgehead atoms. The fraction of sp³-hybridized carbons (Fsp3) is 0.353. The normalized spacial score (nSPS) is 13.0. The van der Waals surface area contributed by atoms with Crippen molar-refractivity contribution in [2.45, 2.75) is 36.0 Å². The predicted molar refractivity (Wildman–Crippen MR) is 182 cm³/mol. The van der Waals surface area contributed by atoms with Gasteiger partial charge in [0.2, 0.25) is 15.9 Å². The molecule has 2 N–H and O–H groups in total. The molecule has 3 rings (SSSR count).